The average molecular weight is 252 g/mol. The lowest BCUT2D eigenvalue weighted by Crippen LogP contribution is -2.26. The van der Waals surface area contributed by atoms with Crippen LogP contribution in [-0.2, 0) is 11.3 Å². The van der Waals surface area contributed by atoms with Crippen LogP contribution in [-0.4, -0.2) is 18.4 Å². The summed E-state index contributed by atoms with van der Waals surface area (Å²) in [6.45, 7) is 5.05. The first-order valence-corrected chi connectivity index (χ1v) is 6.54. The summed E-state index contributed by atoms with van der Waals surface area (Å²) in [4.78, 5) is 11.3. The maximum absolute atomic E-state index is 11.3. The average Bonchev–Trinajstić information content (AvgIpc) is 2.33. The van der Waals surface area contributed by atoms with E-state index in [1.165, 1.54) is 5.25 Å². The van der Waals surface area contributed by atoms with Gasteiger partial charge in [0.15, 0.2) is 0 Å². The van der Waals surface area contributed by atoms with Crippen LogP contribution in [0.5, 0.6) is 0 Å². The lowest BCUT2D eigenvalue weighted by Gasteiger charge is -2.07. The summed E-state index contributed by atoms with van der Waals surface area (Å²) < 4.78 is 5.07. The zero-order valence-corrected chi connectivity index (χ0v) is 11.0. The Bertz CT molecular complexity index is 327. The second-order valence-corrected chi connectivity index (χ2v) is 5.26. The van der Waals surface area contributed by atoms with E-state index in [4.69, 9.17) is 4.74 Å². The number of nitrogens with one attached hydrogen (secondary N) is 1. The van der Waals surface area contributed by atoms with Crippen LogP contribution in [0, 0.1) is 5.25 Å². The number of alkyl carbamates (subject to hydrolysis) is 1. The van der Waals surface area contributed by atoms with E-state index in [0.29, 0.717) is 13.2 Å². The second kappa shape index (κ2) is 8.01. The minimum Gasteiger partial charge on any atom is -0.445 e. The van der Waals surface area contributed by atoms with Crippen molar-refractivity contribution in [2.24, 2.45) is 0 Å². The van der Waals surface area contributed by atoms with Crippen LogP contribution in [0.15, 0.2) is 30.3 Å². The third-order valence-corrected chi connectivity index (χ3v) is 2.96. The van der Waals surface area contributed by atoms with Crippen molar-refractivity contribution < 1.29 is 9.53 Å². The van der Waals surface area contributed by atoms with Crippen LogP contribution in [0.25, 0.3) is 0 Å². The molecule has 1 radical (unpaired) electrons. The quantitative estimate of drug-likeness (QED) is 0.790. The summed E-state index contributed by atoms with van der Waals surface area (Å²) in [5.41, 5.74) is 0.995. The summed E-state index contributed by atoms with van der Waals surface area (Å²) in [5.74, 6) is 0.878. The van der Waals surface area contributed by atoms with Crippen LogP contribution < -0.4 is 5.32 Å². The molecule has 0 spiro atoms. The van der Waals surface area contributed by atoms with Gasteiger partial charge in [0.05, 0.1) is 0 Å². The second-order valence-electron chi connectivity index (χ2n) is 3.75. The van der Waals surface area contributed by atoms with Crippen molar-refractivity contribution in [1.82, 2.24) is 5.32 Å². The normalized spacial score (nSPS) is 10.3. The summed E-state index contributed by atoms with van der Waals surface area (Å²) in [6.07, 6.45) is -0.358. The standard InChI is InChI=1S/C13H18NO2S/c1-11(2)17-9-8-14-13(15)16-10-12-6-4-3-5-7-12/h3-7H,8-10H2,1-2H3,(H,14,15). The van der Waals surface area contributed by atoms with Gasteiger partial charge in [0.2, 0.25) is 0 Å². The fourth-order valence-electron chi connectivity index (χ4n) is 1.18. The van der Waals surface area contributed by atoms with Gasteiger partial charge in [-0.1, -0.05) is 30.3 Å². The smallest absolute Gasteiger partial charge is 0.407 e. The molecule has 1 rings (SSSR count). The van der Waals surface area contributed by atoms with E-state index in [2.05, 4.69) is 19.2 Å². The number of hydrogen-bond acceptors (Lipinski definition) is 3. The number of benzene rings is 1. The van der Waals surface area contributed by atoms with Crippen molar-refractivity contribution in [1.29, 1.82) is 0 Å². The molecular formula is C13H18NO2S. The summed E-state index contributed by atoms with van der Waals surface area (Å²) in [5, 5.41) is 4.01. The lowest BCUT2D eigenvalue weighted by molar-refractivity contribution is 0.140. The summed E-state index contributed by atoms with van der Waals surface area (Å²) >= 11 is 1.73. The molecule has 1 aromatic carbocycles. The topological polar surface area (TPSA) is 38.3 Å². The van der Waals surface area contributed by atoms with Gasteiger partial charge in [-0.25, -0.2) is 4.79 Å². The molecule has 93 valence electrons. The van der Waals surface area contributed by atoms with Crippen LogP contribution in [0.1, 0.15) is 19.4 Å². The van der Waals surface area contributed by atoms with E-state index < -0.39 is 0 Å². The Morgan fingerprint density at radius 1 is 1.29 bits per heavy atom. The van der Waals surface area contributed by atoms with E-state index in [1.54, 1.807) is 11.8 Å². The molecule has 4 heteroatoms. The number of carbonyl (C=O) groups is 1. The van der Waals surface area contributed by atoms with Gasteiger partial charge < -0.3 is 10.1 Å². The monoisotopic (exact) mass is 252 g/mol. The third-order valence-electron chi connectivity index (χ3n) is 1.97. The fraction of sp³-hybridized carbons (Fsp3) is 0.385. The molecule has 0 aliphatic carbocycles. The SMILES string of the molecule is C[C](C)SCCNC(=O)OCc1ccccc1. The Balaban J connectivity index is 2.09. The van der Waals surface area contributed by atoms with Crippen molar-refractivity contribution in [3.05, 3.63) is 41.1 Å². The highest BCUT2D eigenvalue weighted by atomic mass is 32.2. The van der Waals surface area contributed by atoms with E-state index in [1.807, 2.05) is 30.3 Å². The third kappa shape index (κ3) is 6.89. The van der Waals surface area contributed by atoms with Crippen molar-refractivity contribution in [2.45, 2.75) is 20.5 Å². The van der Waals surface area contributed by atoms with Gasteiger partial charge in [-0.05, 0) is 19.4 Å². The number of amides is 1. The maximum atomic E-state index is 11.3. The zero-order chi connectivity index (χ0) is 12.5. The van der Waals surface area contributed by atoms with E-state index in [-0.39, 0.29) is 6.09 Å². The fourth-order valence-corrected chi connectivity index (χ4v) is 1.79. The van der Waals surface area contributed by atoms with Gasteiger partial charge in [-0.2, -0.15) is 11.8 Å². The van der Waals surface area contributed by atoms with E-state index in [9.17, 15) is 4.79 Å². The highest BCUT2D eigenvalue weighted by molar-refractivity contribution is 8.02. The molecule has 3 nitrogen and oxygen atoms in total. The van der Waals surface area contributed by atoms with Gasteiger partial charge in [-0.15, -0.1) is 0 Å². The van der Waals surface area contributed by atoms with Gasteiger partial charge in [0.1, 0.15) is 6.61 Å². The first-order valence-electron chi connectivity index (χ1n) is 5.56. The first kappa shape index (κ1) is 13.9. The van der Waals surface area contributed by atoms with Crippen LogP contribution in [0.2, 0.25) is 0 Å². The van der Waals surface area contributed by atoms with Crippen molar-refractivity contribution >= 4 is 17.9 Å². The van der Waals surface area contributed by atoms with Crippen LogP contribution in [0.3, 0.4) is 0 Å². The number of rotatable bonds is 6. The maximum Gasteiger partial charge on any atom is 0.407 e. The number of thioether (sulfide) groups is 1. The van der Waals surface area contributed by atoms with Gasteiger partial charge in [0.25, 0.3) is 0 Å². The molecule has 0 saturated carbocycles. The molecule has 0 heterocycles. The van der Waals surface area contributed by atoms with Crippen molar-refractivity contribution in [2.75, 3.05) is 12.3 Å². The first-order chi connectivity index (χ1) is 8.18. The van der Waals surface area contributed by atoms with Crippen molar-refractivity contribution in [3.63, 3.8) is 0 Å². The van der Waals surface area contributed by atoms with Gasteiger partial charge in [0, 0.05) is 17.5 Å². The molecule has 0 aromatic heterocycles. The predicted molar refractivity (Wildman–Crippen MR) is 71.7 cm³/mol. The molecule has 1 N–H and O–H groups in total. The Labute approximate surface area is 107 Å². The Hall–Kier alpha value is -1.16. The predicted octanol–water partition coefficient (Wildman–Crippen LogP) is 3.22. The molecule has 0 saturated heterocycles. The largest absolute Gasteiger partial charge is 0.445 e. The molecule has 0 bridgehead atoms. The number of carbonyl (C=O) groups excluding carboxylic acids is 1. The summed E-state index contributed by atoms with van der Waals surface area (Å²) in [6, 6.07) is 9.64. The van der Waals surface area contributed by atoms with Gasteiger partial charge in [-0.3, -0.25) is 0 Å². The lowest BCUT2D eigenvalue weighted by atomic mass is 10.2. The summed E-state index contributed by atoms with van der Waals surface area (Å²) in [7, 11) is 0. The zero-order valence-electron chi connectivity index (χ0n) is 10.2. The highest BCUT2D eigenvalue weighted by Gasteiger charge is 2.02. The van der Waals surface area contributed by atoms with Crippen LogP contribution >= 0.6 is 11.8 Å². The number of ether oxygens (including phenoxy) is 1. The molecule has 17 heavy (non-hydrogen) atoms. The van der Waals surface area contributed by atoms with E-state index in [0.717, 1.165) is 11.3 Å². The molecular weight excluding hydrogens is 234 g/mol. The number of hydrogen-bond donors (Lipinski definition) is 1. The molecule has 1 aromatic rings. The van der Waals surface area contributed by atoms with Crippen molar-refractivity contribution in [3.8, 4) is 0 Å². The minimum atomic E-state index is -0.358. The Morgan fingerprint density at radius 3 is 2.65 bits per heavy atom. The van der Waals surface area contributed by atoms with Gasteiger partial charge >= 0.3 is 6.09 Å². The Morgan fingerprint density at radius 2 is 2.00 bits per heavy atom. The molecule has 0 atom stereocenters. The highest BCUT2D eigenvalue weighted by Crippen LogP contribution is 2.15. The van der Waals surface area contributed by atoms with Crippen LogP contribution in [0.4, 0.5) is 4.79 Å². The molecule has 0 unspecified atom stereocenters. The Kier molecular flexibility index (Phi) is 6.55. The van der Waals surface area contributed by atoms with E-state index >= 15 is 0 Å². The molecule has 0 aliphatic heterocycles. The molecule has 0 aliphatic rings. The molecule has 0 fully saturated rings. The molecule has 1 amide bonds. The minimum absolute atomic E-state index is 0.318.